The Morgan fingerprint density at radius 1 is 1.33 bits per heavy atom. The second-order valence-corrected chi connectivity index (χ2v) is 4.29. The monoisotopic (exact) mass is 215 g/mol. The van der Waals surface area contributed by atoms with Crippen LogP contribution < -0.4 is 5.32 Å². The third-order valence-corrected chi connectivity index (χ3v) is 2.93. The number of methoxy groups -OCH3 is 1. The van der Waals surface area contributed by atoms with Crippen LogP contribution in [0.25, 0.3) is 0 Å². The molecule has 0 radical (unpaired) electrons. The number of carbonyl (C=O) groups excluding carboxylic acids is 1. The predicted molar refractivity (Wildman–Crippen MR) is 57.7 cm³/mol. The summed E-state index contributed by atoms with van der Waals surface area (Å²) in [5.41, 5.74) is -0.279. The van der Waals surface area contributed by atoms with Crippen LogP contribution in [0.5, 0.6) is 0 Å². The van der Waals surface area contributed by atoms with Crippen molar-refractivity contribution in [2.24, 2.45) is 5.41 Å². The van der Waals surface area contributed by atoms with Gasteiger partial charge in [0.1, 0.15) is 0 Å². The molecular formula is C11H21NO3. The van der Waals surface area contributed by atoms with Crippen LogP contribution in [-0.4, -0.2) is 39.4 Å². The average Bonchev–Trinajstić information content (AvgIpc) is 2.25. The molecule has 1 rings (SSSR count). The molecule has 0 saturated carbocycles. The van der Waals surface area contributed by atoms with Gasteiger partial charge in [0.15, 0.2) is 0 Å². The summed E-state index contributed by atoms with van der Waals surface area (Å²) in [5, 5.41) is 3.24. The summed E-state index contributed by atoms with van der Waals surface area (Å²) in [6, 6.07) is 0. The first-order valence-corrected chi connectivity index (χ1v) is 5.56. The van der Waals surface area contributed by atoms with Crippen LogP contribution in [0, 0.1) is 5.41 Å². The van der Waals surface area contributed by atoms with Crippen molar-refractivity contribution in [2.45, 2.75) is 26.2 Å². The van der Waals surface area contributed by atoms with Crippen molar-refractivity contribution in [3.8, 4) is 0 Å². The molecule has 1 aliphatic heterocycles. The topological polar surface area (TPSA) is 47.6 Å². The number of hydrogen-bond acceptors (Lipinski definition) is 4. The summed E-state index contributed by atoms with van der Waals surface area (Å²) in [6.07, 6.45) is 2.52. The fraction of sp³-hybridized carbons (Fsp3) is 0.909. The van der Waals surface area contributed by atoms with Crippen molar-refractivity contribution in [1.29, 1.82) is 0 Å². The third-order valence-electron chi connectivity index (χ3n) is 2.93. The molecular weight excluding hydrogens is 194 g/mol. The molecule has 4 nitrogen and oxygen atoms in total. The van der Waals surface area contributed by atoms with E-state index >= 15 is 0 Å². The van der Waals surface area contributed by atoms with Crippen molar-refractivity contribution >= 4 is 5.97 Å². The van der Waals surface area contributed by atoms with Gasteiger partial charge in [-0.1, -0.05) is 0 Å². The second-order valence-electron chi connectivity index (χ2n) is 4.29. The Kier molecular flexibility index (Phi) is 5.05. The Morgan fingerprint density at radius 2 is 2.00 bits per heavy atom. The minimum atomic E-state index is -0.279. The summed E-state index contributed by atoms with van der Waals surface area (Å²) >= 11 is 0. The SMILES string of the molecule is COCCCOC(=O)C1(C)CCNCC1. The third kappa shape index (κ3) is 3.80. The minimum Gasteiger partial charge on any atom is -0.465 e. The van der Waals surface area contributed by atoms with E-state index in [9.17, 15) is 4.79 Å². The first kappa shape index (κ1) is 12.5. The molecule has 0 bridgehead atoms. The first-order chi connectivity index (χ1) is 7.19. The van der Waals surface area contributed by atoms with Crippen LogP contribution in [0.4, 0.5) is 0 Å². The highest BCUT2D eigenvalue weighted by atomic mass is 16.5. The smallest absolute Gasteiger partial charge is 0.311 e. The lowest BCUT2D eigenvalue weighted by Gasteiger charge is -2.31. The molecule has 4 heteroatoms. The molecule has 1 heterocycles. The molecule has 15 heavy (non-hydrogen) atoms. The number of rotatable bonds is 5. The van der Waals surface area contributed by atoms with E-state index in [1.165, 1.54) is 0 Å². The van der Waals surface area contributed by atoms with Crippen molar-refractivity contribution in [3.63, 3.8) is 0 Å². The van der Waals surface area contributed by atoms with Gasteiger partial charge < -0.3 is 14.8 Å². The quantitative estimate of drug-likeness (QED) is 0.548. The maximum Gasteiger partial charge on any atom is 0.311 e. The fourth-order valence-electron chi connectivity index (χ4n) is 1.73. The maximum absolute atomic E-state index is 11.8. The number of nitrogens with one attached hydrogen (secondary N) is 1. The Hall–Kier alpha value is -0.610. The Labute approximate surface area is 91.3 Å². The number of carbonyl (C=O) groups is 1. The second kappa shape index (κ2) is 6.08. The molecule has 0 unspecified atom stereocenters. The Bertz CT molecular complexity index is 200. The molecule has 0 aromatic heterocycles. The lowest BCUT2D eigenvalue weighted by molar-refractivity contribution is -0.156. The number of piperidine rings is 1. The molecule has 1 N–H and O–H groups in total. The minimum absolute atomic E-state index is 0.0555. The normalized spacial score (nSPS) is 19.9. The van der Waals surface area contributed by atoms with E-state index in [0.29, 0.717) is 13.2 Å². The first-order valence-electron chi connectivity index (χ1n) is 5.56. The van der Waals surface area contributed by atoms with Gasteiger partial charge in [0.05, 0.1) is 12.0 Å². The average molecular weight is 215 g/mol. The van der Waals surface area contributed by atoms with E-state index in [4.69, 9.17) is 9.47 Å². The van der Waals surface area contributed by atoms with Crippen LogP contribution in [0.2, 0.25) is 0 Å². The summed E-state index contributed by atoms with van der Waals surface area (Å²) in [6.45, 7) is 4.92. The molecule has 88 valence electrons. The predicted octanol–water partition coefficient (Wildman–Crippen LogP) is 0.956. The zero-order valence-electron chi connectivity index (χ0n) is 9.67. The number of hydrogen-bond donors (Lipinski definition) is 1. The van der Waals surface area contributed by atoms with Crippen LogP contribution in [-0.2, 0) is 14.3 Å². The molecule has 1 saturated heterocycles. The van der Waals surface area contributed by atoms with Crippen LogP contribution in [0.1, 0.15) is 26.2 Å². The lowest BCUT2D eigenvalue weighted by Crippen LogP contribution is -2.41. The van der Waals surface area contributed by atoms with Crippen molar-refractivity contribution in [2.75, 3.05) is 33.4 Å². The van der Waals surface area contributed by atoms with Gasteiger partial charge >= 0.3 is 5.97 Å². The molecule has 0 aromatic carbocycles. The van der Waals surface area contributed by atoms with E-state index in [1.807, 2.05) is 6.92 Å². The van der Waals surface area contributed by atoms with E-state index < -0.39 is 0 Å². The van der Waals surface area contributed by atoms with E-state index in [2.05, 4.69) is 5.32 Å². The van der Waals surface area contributed by atoms with Crippen LogP contribution in [0.3, 0.4) is 0 Å². The van der Waals surface area contributed by atoms with E-state index in [1.54, 1.807) is 7.11 Å². The highest BCUT2D eigenvalue weighted by Gasteiger charge is 2.35. The zero-order valence-corrected chi connectivity index (χ0v) is 9.67. The van der Waals surface area contributed by atoms with Gasteiger partial charge in [-0.3, -0.25) is 4.79 Å². The highest BCUT2D eigenvalue weighted by Crippen LogP contribution is 2.29. The van der Waals surface area contributed by atoms with Crippen LogP contribution in [0.15, 0.2) is 0 Å². The molecule has 0 amide bonds. The number of ether oxygens (including phenoxy) is 2. The van der Waals surface area contributed by atoms with Gasteiger partial charge in [-0.15, -0.1) is 0 Å². The van der Waals surface area contributed by atoms with E-state index in [0.717, 1.165) is 32.4 Å². The standard InChI is InChI=1S/C11H21NO3/c1-11(4-6-12-7-5-11)10(13)15-9-3-8-14-2/h12H,3-9H2,1-2H3. The van der Waals surface area contributed by atoms with Crippen molar-refractivity contribution in [1.82, 2.24) is 5.32 Å². The van der Waals surface area contributed by atoms with Crippen molar-refractivity contribution < 1.29 is 14.3 Å². The van der Waals surface area contributed by atoms with Gasteiger partial charge in [-0.05, 0) is 32.9 Å². The summed E-state index contributed by atoms with van der Waals surface area (Å²) in [5.74, 6) is -0.0555. The molecule has 0 spiro atoms. The molecule has 1 aliphatic rings. The molecule has 1 fully saturated rings. The summed E-state index contributed by atoms with van der Waals surface area (Å²) in [4.78, 5) is 11.8. The van der Waals surface area contributed by atoms with Gasteiger partial charge in [-0.25, -0.2) is 0 Å². The summed E-state index contributed by atoms with van der Waals surface area (Å²) < 4.78 is 10.1. The summed E-state index contributed by atoms with van der Waals surface area (Å²) in [7, 11) is 1.65. The Morgan fingerprint density at radius 3 is 2.60 bits per heavy atom. The lowest BCUT2D eigenvalue weighted by atomic mass is 9.81. The van der Waals surface area contributed by atoms with Crippen molar-refractivity contribution in [3.05, 3.63) is 0 Å². The van der Waals surface area contributed by atoms with Gasteiger partial charge in [0.2, 0.25) is 0 Å². The maximum atomic E-state index is 11.8. The van der Waals surface area contributed by atoms with Crippen LogP contribution >= 0.6 is 0 Å². The molecule has 0 aromatic rings. The van der Waals surface area contributed by atoms with Gasteiger partial charge in [0.25, 0.3) is 0 Å². The van der Waals surface area contributed by atoms with E-state index in [-0.39, 0.29) is 11.4 Å². The Balaban J connectivity index is 2.25. The number of esters is 1. The largest absolute Gasteiger partial charge is 0.465 e. The molecule has 0 aliphatic carbocycles. The highest BCUT2D eigenvalue weighted by molar-refractivity contribution is 5.76. The fourth-order valence-corrected chi connectivity index (χ4v) is 1.73. The van der Waals surface area contributed by atoms with Gasteiger partial charge in [-0.2, -0.15) is 0 Å². The zero-order chi connectivity index (χ0) is 11.1. The van der Waals surface area contributed by atoms with Gasteiger partial charge in [0, 0.05) is 20.1 Å². The molecule has 0 atom stereocenters.